The third-order valence-corrected chi connectivity index (χ3v) is 0.816. The predicted octanol–water partition coefficient (Wildman–Crippen LogP) is 2.87. The van der Waals surface area contributed by atoms with Crippen molar-refractivity contribution in [2.24, 2.45) is 0 Å². The van der Waals surface area contributed by atoms with E-state index in [0.717, 1.165) is 0 Å². The molecule has 0 aliphatic carbocycles. The fraction of sp³-hybridized carbons (Fsp3) is 0.545. The van der Waals surface area contributed by atoms with Gasteiger partial charge in [0.25, 0.3) is 0 Å². The summed E-state index contributed by atoms with van der Waals surface area (Å²) in [4.78, 5) is 12.2. The van der Waals surface area contributed by atoms with Crippen LogP contribution in [-0.4, -0.2) is 24.9 Å². The molecule has 0 heterocycles. The number of amides is 1. The Kier molecular flexibility index (Phi) is 23.6. The highest BCUT2D eigenvalue weighted by Gasteiger charge is 1.93. The second-order valence-electron chi connectivity index (χ2n) is 1.83. The van der Waals surface area contributed by atoms with E-state index in [4.69, 9.17) is 0 Å². The molecule has 0 aliphatic rings. The zero-order valence-corrected chi connectivity index (χ0v) is 9.79. The van der Waals surface area contributed by atoms with Crippen LogP contribution in [0.15, 0.2) is 24.8 Å². The molecule has 1 amide bonds. The highest BCUT2D eigenvalue weighted by molar-refractivity contribution is 5.87. The first-order chi connectivity index (χ1) is 6.18. The van der Waals surface area contributed by atoms with Crippen LogP contribution in [-0.2, 0) is 4.79 Å². The topological polar surface area (TPSA) is 20.3 Å². The van der Waals surface area contributed by atoms with Crippen LogP contribution >= 0.6 is 0 Å². The van der Waals surface area contributed by atoms with Crippen LogP contribution in [0.4, 0.5) is 0 Å². The minimum absolute atomic E-state index is 0.0186. The number of carbonyl (C=O) groups excluding carboxylic acids is 1. The summed E-state index contributed by atoms with van der Waals surface area (Å²) in [5.41, 5.74) is 0. The van der Waals surface area contributed by atoms with E-state index < -0.39 is 0 Å². The quantitative estimate of drug-likeness (QED) is 0.478. The minimum Gasteiger partial charge on any atom is -0.345 e. The lowest BCUT2D eigenvalue weighted by Gasteiger charge is -2.03. The Morgan fingerprint density at radius 2 is 1.54 bits per heavy atom. The van der Waals surface area contributed by atoms with Crippen LogP contribution in [0.25, 0.3) is 0 Å². The Balaban J connectivity index is -0.000000218. The second kappa shape index (κ2) is 17.2. The van der Waals surface area contributed by atoms with Crippen molar-refractivity contribution in [3.8, 4) is 0 Å². The van der Waals surface area contributed by atoms with Crippen LogP contribution in [0.3, 0.4) is 0 Å². The number of carbonyl (C=O) groups is 1. The highest BCUT2D eigenvalue weighted by atomic mass is 16.2. The van der Waals surface area contributed by atoms with Gasteiger partial charge in [0.05, 0.1) is 0 Å². The Labute approximate surface area is 82.9 Å². The molecule has 0 aromatic carbocycles. The van der Waals surface area contributed by atoms with E-state index in [1.165, 1.54) is 11.0 Å². The molecule has 13 heavy (non-hydrogen) atoms. The van der Waals surface area contributed by atoms with Crippen molar-refractivity contribution in [1.29, 1.82) is 0 Å². The molecule has 0 N–H and O–H groups in total. The summed E-state index contributed by atoms with van der Waals surface area (Å²) in [7, 11) is 3.41. The number of allylic oxidation sites excluding steroid dienone is 2. The third-order valence-electron chi connectivity index (χ3n) is 0.816. The van der Waals surface area contributed by atoms with Gasteiger partial charge in [-0.15, -0.1) is 0 Å². The van der Waals surface area contributed by atoms with E-state index in [2.05, 4.69) is 6.58 Å². The van der Waals surface area contributed by atoms with E-state index in [0.29, 0.717) is 0 Å². The van der Waals surface area contributed by atoms with Crippen molar-refractivity contribution >= 4 is 5.91 Å². The van der Waals surface area contributed by atoms with Gasteiger partial charge < -0.3 is 4.90 Å². The average Bonchev–Trinajstić information content (AvgIpc) is 2.20. The molecule has 0 aromatic heterocycles. The number of likely N-dealkylation sites (N-methyl/N-ethyl adjacent to an activating group) is 1. The number of hydrogen-bond donors (Lipinski definition) is 0. The Morgan fingerprint density at radius 3 is 1.77 bits per heavy atom. The lowest BCUT2D eigenvalue weighted by Crippen LogP contribution is -2.18. The van der Waals surface area contributed by atoms with Gasteiger partial charge in [-0.3, -0.25) is 4.79 Å². The summed E-state index contributed by atoms with van der Waals surface area (Å²) in [5, 5.41) is 0. The van der Waals surface area contributed by atoms with Gasteiger partial charge in [0.1, 0.15) is 0 Å². The van der Waals surface area contributed by atoms with Gasteiger partial charge in [0, 0.05) is 20.2 Å². The number of rotatable bonds is 2. The van der Waals surface area contributed by atoms with E-state index in [1.807, 2.05) is 27.7 Å². The Bertz CT molecular complexity index is 137. The molecule has 0 saturated heterocycles. The summed E-state index contributed by atoms with van der Waals surface area (Å²) < 4.78 is 0. The van der Waals surface area contributed by atoms with Gasteiger partial charge in [-0.25, -0.2) is 0 Å². The van der Waals surface area contributed by atoms with Crippen molar-refractivity contribution in [2.45, 2.75) is 27.7 Å². The molecule has 0 spiro atoms. The van der Waals surface area contributed by atoms with Crippen molar-refractivity contribution in [1.82, 2.24) is 4.90 Å². The summed E-state index contributed by atoms with van der Waals surface area (Å²) in [6, 6.07) is 0. The van der Waals surface area contributed by atoms with Crippen molar-refractivity contribution in [3.63, 3.8) is 0 Å². The number of hydrogen-bond acceptors (Lipinski definition) is 1. The third kappa shape index (κ3) is 18.2. The van der Waals surface area contributed by atoms with Crippen LogP contribution in [0.1, 0.15) is 27.7 Å². The van der Waals surface area contributed by atoms with Gasteiger partial charge in [0.15, 0.2) is 0 Å². The van der Waals surface area contributed by atoms with Gasteiger partial charge in [0.2, 0.25) is 5.91 Å². The fourth-order valence-electron chi connectivity index (χ4n) is 0.299. The van der Waals surface area contributed by atoms with E-state index in [9.17, 15) is 4.79 Å². The van der Waals surface area contributed by atoms with Gasteiger partial charge >= 0.3 is 0 Å². The molecule has 2 heteroatoms. The first kappa shape index (κ1) is 17.9. The molecule has 0 unspecified atom stereocenters. The Hall–Kier alpha value is -1.05. The summed E-state index contributed by atoms with van der Waals surface area (Å²) in [5.74, 6) is -0.0186. The maximum absolute atomic E-state index is 10.7. The molecular weight excluding hydrogens is 162 g/mol. The summed E-state index contributed by atoms with van der Waals surface area (Å²) in [6.45, 7) is 11.4. The highest BCUT2D eigenvalue weighted by Crippen LogP contribution is 1.80. The van der Waals surface area contributed by atoms with Gasteiger partial charge in [-0.1, -0.05) is 46.4 Å². The molecule has 0 rings (SSSR count). The SMILES string of the molecule is C=C/C=C\C(=O)N(C)C.CC.CC. The van der Waals surface area contributed by atoms with Crippen LogP contribution in [0.2, 0.25) is 0 Å². The Morgan fingerprint density at radius 1 is 1.15 bits per heavy atom. The molecule has 0 radical (unpaired) electrons. The van der Waals surface area contributed by atoms with Crippen LogP contribution in [0.5, 0.6) is 0 Å². The lowest BCUT2D eigenvalue weighted by molar-refractivity contribution is -0.123. The van der Waals surface area contributed by atoms with Gasteiger partial charge in [-0.05, 0) is 0 Å². The molecule has 0 fully saturated rings. The predicted molar refractivity (Wildman–Crippen MR) is 60.7 cm³/mol. The molecule has 0 saturated carbocycles. The zero-order chi connectivity index (χ0) is 11.3. The lowest BCUT2D eigenvalue weighted by atomic mass is 10.4. The smallest absolute Gasteiger partial charge is 0.246 e. The largest absolute Gasteiger partial charge is 0.345 e. The first-order valence-corrected chi connectivity index (χ1v) is 4.69. The number of nitrogens with zero attached hydrogens (tertiary/aromatic N) is 1. The maximum atomic E-state index is 10.7. The first-order valence-electron chi connectivity index (χ1n) is 4.69. The van der Waals surface area contributed by atoms with E-state index in [1.54, 1.807) is 26.2 Å². The molecule has 78 valence electrons. The maximum Gasteiger partial charge on any atom is 0.246 e. The van der Waals surface area contributed by atoms with Crippen LogP contribution in [0, 0.1) is 0 Å². The zero-order valence-electron chi connectivity index (χ0n) is 9.79. The van der Waals surface area contributed by atoms with Crippen molar-refractivity contribution < 1.29 is 4.79 Å². The second-order valence-corrected chi connectivity index (χ2v) is 1.83. The average molecular weight is 185 g/mol. The summed E-state index contributed by atoms with van der Waals surface area (Å²) in [6.07, 6.45) is 4.65. The normalized spacial score (nSPS) is 7.54. The molecular formula is C11H23NO. The van der Waals surface area contributed by atoms with Gasteiger partial charge in [-0.2, -0.15) is 0 Å². The molecule has 0 aromatic rings. The summed E-state index contributed by atoms with van der Waals surface area (Å²) >= 11 is 0. The fourth-order valence-corrected chi connectivity index (χ4v) is 0.299. The van der Waals surface area contributed by atoms with E-state index >= 15 is 0 Å². The standard InChI is InChI=1S/C7H11NO.2C2H6/c1-4-5-6-7(9)8(2)3;2*1-2/h4-6H,1H2,2-3H3;2*1-2H3/b6-5-;;. The van der Waals surface area contributed by atoms with Crippen molar-refractivity contribution in [3.05, 3.63) is 24.8 Å². The molecule has 0 aliphatic heterocycles. The molecule has 0 atom stereocenters. The monoisotopic (exact) mass is 185 g/mol. The van der Waals surface area contributed by atoms with Crippen molar-refractivity contribution in [2.75, 3.05) is 14.1 Å². The molecule has 2 nitrogen and oxygen atoms in total. The van der Waals surface area contributed by atoms with E-state index in [-0.39, 0.29) is 5.91 Å². The molecule has 0 bridgehead atoms. The minimum atomic E-state index is -0.0186. The van der Waals surface area contributed by atoms with Crippen LogP contribution < -0.4 is 0 Å².